The van der Waals surface area contributed by atoms with E-state index >= 15 is 0 Å². The summed E-state index contributed by atoms with van der Waals surface area (Å²) in [6.07, 6.45) is 1.71. The number of nitrogen functional groups attached to an aromatic ring is 1. The zero-order chi connectivity index (χ0) is 15.3. The summed E-state index contributed by atoms with van der Waals surface area (Å²) in [5, 5.41) is 2.08. The maximum atomic E-state index is 6.02. The number of benzene rings is 1. The van der Waals surface area contributed by atoms with Crippen LogP contribution < -0.4 is 10.5 Å². The third-order valence-corrected chi connectivity index (χ3v) is 4.09. The molecule has 1 aromatic carbocycles. The molecule has 0 saturated heterocycles. The van der Waals surface area contributed by atoms with Crippen molar-refractivity contribution >= 4 is 27.6 Å². The summed E-state index contributed by atoms with van der Waals surface area (Å²) in [5.74, 6) is 0.854. The van der Waals surface area contributed by atoms with E-state index in [0.717, 1.165) is 44.8 Å². The van der Waals surface area contributed by atoms with E-state index in [9.17, 15) is 0 Å². The number of nitrogens with one attached hydrogen (secondary N) is 1. The highest BCUT2D eigenvalue weighted by Gasteiger charge is 2.12. The van der Waals surface area contributed by atoms with E-state index in [0.29, 0.717) is 0 Å². The molecule has 3 aromatic heterocycles. The number of fused-ring (bicyclic) bond motifs is 2. The fraction of sp³-hybridized carbons (Fsp3) is 0.118. The average Bonchev–Trinajstić information content (AvgIpc) is 3.09. The Hall–Kier alpha value is -2.95. The molecule has 5 heteroatoms. The first-order valence-electron chi connectivity index (χ1n) is 7.04. The highest BCUT2D eigenvalue weighted by atomic mass is 16.5. The summed E-state index contributed by atoms with van der Waals surface area (Å²) in [6, 6.07) is 12.1. The maximum Gasteiger partial charge on any atom is 0.139 e. The van der Waals surface area contributed by atoms with Crippen molar-refractivity contribution in [3.8, 4) is 17.1 Å². The molecule has 3 N–H and O–H groups in total. The second kappa shape index (κ2) is 4.53. The third kappa shape index (κ3) is 1.75. The number of ether oxygens (including phenoxy) is 1. The molecule has 22 heavy (non-hydrogen) atoms. The van der Waals surface area contributed by atoms with Gasteiger partial charge in [0.2, 0.25) is 0 Å². The second-order valence-corrected chi connectivity index (χ2v) is 5.36. The number of anilines is 1. The number of aryl methyl sites for hydroxylation is 1. The number of hydrogen-bond donors (Lipinski definition) is 2. The molecule has 0 fully saturated rings. The molecule has 0 aliphatic rings. The zero-order valence-electron chi connectivity index (χ0n) is 12.4. The summed E-state index contributed by atoms with van der Waals surface area (Å²) in [6.45, 7) is 0. The molecule has 3 heterocycles. The van der Waals surface area contributed by atoms with Crippen molar-refractivity contribution in [2.45, 2.75) is 0 Å². The molecule has 0 amide bonds. The lowest BCUT2D eigenvalue weighted by Crippen LogP contribution is -1.91. The molecule has 0 radical (unpaired) electrons. The third-order valence-electron chi connectivity index (χ3n) is 4.09. The largest absolute Gasteiger partial charge is 0.497 e. The van der Waals surface area contributed by atoms with E-state index in [4.69, 9.17) is 10.5 Å². The number of nitrogens with two attached hydrogens (primary N) is 1. The van der Waals surface area contributed by atoms with Crippen molar-refractivity contribution in [2.75, 3.05) is 12.8 Å². The van der Waals surface area contributed by atoms with Gasteiger partial charge >= 0.3 is 0 Å². The molecular weight excluding hydrogens is 276 g/mol. The van der Waals surface area contributed by atoms with Crippen LogP contribution in [0.4, 0.5) is 5.69 Å². The van der Waals surface area contributed by atoms with Crippen LogP contribution in [-0.4, -0.2) is 21.6 Å². The van der Waals surface area contributed by atoms with E-state index in [1.54, 1.807) is 13.3 Å². The van der Waals surface area contributed by atoms with Crippen LogP contribution >= 0.6 is 0 Å². The van der Waals surface area contributed by atoms with Crippen LogP contribution in [0.1, 0.15) is 0 Å². The molecule has 0 aliphatic carbocycles. The molecule has 0 saturated carbocycles. The lowest BCUT2D eigenvalue weighted by atomic mass is 10.2. The van der Waals surface area contributed by atoms with Crippen LogP contribution in [0.2, 0.25) is 0 Å². The van der Waals surface area contributed by atoms with Gasteiger partial charge in [-0.2, -0.15) is 0 Å². The van der Waals surface area contributed by atoms with E-state index < -0.39 is 0 Å². The number of aromatic nitrogens is 3. The fourth-order valence-corrected chi connectivity index (χ4v) is 2.90. The number of H-pyrrole nitrogens is 1. The summed E-state index contributed by atoms with van der Waals surface area (Å²) in [5.41, 5.74) is 10.8. The topological polar surface area (TPSA) is 68.9 Å². The normalized spacial score (nSPS) is 11.4. The minimum absolute atomic E-state index is 0.730. The molecule has 0 atom stereocenters. The van der Waals surface area contributed by atoms with E-state index in [1.165, 1.54) is 0 Å². The highest BCUT2D eigenvalue weighted by molar-refractivity contribution is 5.94. The van der Waals surface area contributed by atoms with E-state index in [1.807, 2.05) is 31.3 Å². The summed E-state index contributed by atoms with van der Waals surface area (Å²) < 4.78 is 7.45. The molecule has 4 aromatic rings. The van der Waals surface area contributed by atoms with Crippen molar-refractivity contribution in [1.29, 1.82) is 0 Å². The standard InChI is InChI=1S/C17H16N4O/c1-21-15-4-3-11(22-2)7-10(15)8-16(21)14-9-12-13(18)5-6-19-17(12)20-14/h3-9H,1-2H3,(H3,18,19,20). The number of rotatable bonds is 2. The van der Waals surface area contributed by atoms with Crippen LogP contribution in [-0.2, 0) is 7.05 Å². The summed E-state index contributed by atoms with van der Waals surface area (Å²) in [4.78, 5) is 7.67. The van der Waals surface area contributed by atoms with Gasteiger partial charge in [-0.1, -0.05) is 0 Å². The van der Waals surface area contributed by atoms with Gasteiger partial charge in [0, 0.05) is 35.2 Å². The minimum atomic E-state index is 0.730. The van der Waals surface area contributed by atoms with Gasteiger partial charge in [0.1, 0.15) is 11.4 Å². The van der Waals surface area contributed by atoms with Gasteiger partial charge in [0.15, 0.2) is 0 Å². The second-order valence-electron chi connectivity index (χ2n) is 5.36. The summed E-state index contributed by atoms with van der Waals surface area (Å²) >= 11 is 0. The zero-order valence-corrected chi connectivity index (χ0v) is 12.4. The molecule has 5 nitrogen and oxygen atoms in total. The number of nitrogens with zero attached hydrogens (tertiary/aromatic N) is 2. The van der Waals surface area contributed by atoms with Crippen molar-refractivity contribution in [3.63, 3.8) is 0 Å². The van der Waals surface area contributed by atoms with Crippen LogP contribution in [0.25, 0.3) is 33.3 Å². The Labute approximate surface area is 127 Å². The Balaban J connectivity index is 1.95. The van der Waals surface area contributed by atoms with Gasteiger partial charge in [-0.05, 0) is 36.4 Å². The van der Waals surface area contributed by atoms with Crippen molar-refractivity contribution in [2.24, 2.45) is 7.05 Å². The Kier molecular flexibility index (Phi) is 2.63. The summed E-state index contributed by atoms with van der Waals surface area (Å²) in [7, 11) is 3.73. The SMILES string of the molecule is COc1ccc2c(c1)cc(-c1cc3c(N)ccnc3[nH]1)n2C. The lowest BCUT2D eigenvalue weighted by molar-refractivity contribution is 0.415. The predicted octanol–water partition coefficient (Wildman–Crippen LogP) is 3.31. The van der Waals surface area contributed by atoms with Crippen molar-refractivity contribution < 1.29 is 4.74 Å². The molecule has 0 unspecified atom stereocenters. The van der Waals surface area contributed by atoms with Gasteiger partial charge in [-0.25, -0.2) is 4.98 Å². The minimum Gasteiger partial charge on any atom is -0.497 e. The first-order chi connectivity index (χ1) is 10.7. The van der Waals surface area contributed by atoms with Gasteiger partial charge in [-0.3, -0.25) is 0 Å². The molecule has 0 bridgehead atoms. The molecule has 0 aliphatic heterocycles. The first kappa shape index (κ1) is 12.8. The fourth-order valence-electron chi connectivity index (χ4n) is 2.90. The van der Waals surface area contributed by atoms with Crippen LogP contribution in [0.15, 0.2) is 42.6 Å². The van der Waals surface area contributed by atoms with Crippen LogP contribution in [0, 0.1) is 0 Å². The van der Waals surface area contributed by atoms with Crippen molar-refractivity contribution in [1.82, 2.24) is 14.5 Å². The Morgan fingerprint density at radius 1 is 1.18 bits per heavy atom. The smallest absolute Gasteiger partial charge is 0.139 e. The quantitative estimate of drug-likeness (QED) is 0.595. The van der Waals surface area contributed by atoms with Gasteiger partial charge in [0.25, 0.3) is 0 Å². The van der Waals surface area contributed by atoms with Gasteiger partial charge in [-0.15, -0.1) is 0 Å². The van der Waals surface area contributed by atoms with Crippen LogP contribution in [0.5, 0.6) is 5.75 Å². The lowest BCUT2D eigenvalue weighted by Gasteiger charge is -2.02. The van der Waals surface area contributed by atoms with E-state index in [-0.39, 0.29) is 0 Å². The predicted molar refractivity (Wildman–Crippen MR) is 89.0 cm³/mol. The Bertz CT molecular complexity index is 997. The number of methoxy groups -OCH3 is 1. The highest BCUT2D eigenvalue weighted by Crippen LogP contribution is 2.31. The van der Waals surface area contributed by atoms with Gasteiger partial charge in [0.05, 0.1) is 18.5 Å². The van der Waals surface area contributed by atoms with E-state index in [2.05, 4.69) is 26.7 Å². The van der Waals surface area contributed by atoms with Crippen LogP contribution in [0.3, 0.4) is 0 Å². The number of pyridine rings is 1. The molecule has 0 spiro atoms. The monoisotopic (exact) mass is 292 g/mol. The number of aromatic amines is 1. The van der Waals surface area contributed by atoms with Crippen molar-refractivity contribution in [3.05, 3.63) is 42.6 Å². The molecule has 4 rings (SSSR count). The molecule has 110 valence electrons. The van der Waals surface area contributed by atoms with Gasteiger partial charge < -0.3 is 20.0 Å². The maximum absolute atomic E-state index is 6.02. The average molecular weight is 292 g/mol. The first-order valence-corrected chi connectivity index (χ1v) is 7.04. The Morgan fingerprint density at radius 3 is 2.82 bits per heavy atom. The number of hydrogen-bond acceptors (Lipinski definition) is 3. The Morgan fingerprint density at radius 2 is 2.05 bits per heavy atom. The molecular formula is C17H16N4O.